The third-order valence-electron chi connectivity index (χ3n) is 5.76. The van der Waals surface area contributed by atoms with Crippen molar-refractivity contribution in [3.8, 4) is 33.4 Å². The van der Waals surface area contributed by atoms with E-state index in [1.165, 1.54) is 36.4 Å². The number of nitrogens with two attached hydrogens (primary N) is 3. The highest BCUT2D eigenvalue weighted by Gasteiger charge is 2.16. The standard InChI is InChI=1S/C27H21N3O6/c28-22-10-13(25(31)32)1-4-19(22)16-7-17(20-5-2-14(26(33)34)11-23(20)29)9-18(8-16)21-6-3-15(27(35)36)12-24(21)30/h1-12H,28-30H2,(H,31,32)(H,33,34)(H,35,36). The molecule has 0 bridgehead atoms. The van der Waals surface area contributed by atoms with Gasteiger partial charge in [0.2, 0.25) is 0 Å². The number of aromatic carboxylic acids is 3. The summed E-state index contributed by atoms with van der Waals surface area (Å²) in [6, 6.07) is 18.5. The van der Waals surface area contributed by atoms with Gasteiger partial charge in [0, 0.05) is 33.8 Å². The number of hydrogen-bond acceptors (Lipinski definition) is 6. The van der Waals surface area contributed by atoms with E-state index in [0.717, 1.165) is 0 Å². The summed E-state index contributed by atoms with van der Waals surface area (Å²) < 4.78 is 0. The van der Waals surface area contributed by atoms with Crippen molar-refractivity contribution in [3.05, 3.63) is 89.5 Å². The average Bonchev–Trinajstić information content (AvgIpc) is 2.83. The maximum atomic E-state index is 11.3. The molecule has 0 atom stereocenters. The molecule has 4 aromatic carbocycles. The zero-order valence-corrected chi connectivity index (χ0v) is 18.7. The monoisotopic (exact) mass is 483 g/mol. The molecule has 4 rings (SSSR count). The van der Waals surface area contributed by atoms with Gasteiger partial charge in [0.15, 0.2) is 0 Å². The van der Waals surface area contributed by atoms with Crippen LogP contribution in [0.4, 0.5) is 17.1 Å². The largest absolute Gasteiger partial charge is 0.478 e. The van der Waals surface area contributed by atoms with Crippen LogP contribution in [0, 0.1) is 0 Å². The van der Waals surface area contributed by atoms with Crippen molar-refractivity contribution in [1.82, 2.24) is 0 Å². The SMILES string of the molecule is Nc1cc(C(=O)O)ccc1-c1cc(-c2ccc(C(=O)O)cc2N)cc(-c2ccc(C(=O)O)cc2N)c1. The minimum atomic E-state index is -1.11. The van der Waals surface area contributed by atoms with Crippen LogP contribution in [-0.2, 0) is 0 Å². The van der Waals surface area contributed by atoms with Crippen LogP contribution in [0.2, 0.25) is 0 Å². The van der Waals surface area contributed by atoms with Gasteiger partial charge in [-0.3, -0.25) is 0 Å². The molecule has 180 valence electrons. The smallest absolute Gasteiger partial charge is 0.335 e. The van der Waals surface area contributed by atoms with Gasteiger partial charge >= 0.3 is 17.9 Å². The molecule has 0 amide bonds. The lowest BCUT2D eigenvalue weighted by Gasteiger charge is -2.15. The Hall–Kier alpha value is -5.31. The molecule has 36 heavy (non-hydrogen) atoms. The summed E-state index contributed by atoms with van der Waals surface area (Å²) in [5.41, 5.74) is 23.0. The molecule has 4 aromatic rings. The fourth-order valence-electron chi connectivity index (χ4n) is 3.97. The minimum Gasteiger partial charge on any atom is -0.478 e. The van der Waals surface area contributed by atoms with Gasteiger partial charge in [0.05, 0.1) is 16.7 Å². The van der Waals surface area contributed by atoms with E-state index in [4.69, 9.17) is 17.2 Å². The van der Waals surface area contributed by atoms with Gasteiger partial charge in [-0.05, 0) is 71.3 Å². The second-order valence-corrected chi connectivity index (χ2v) is 8.12. The van der Waals surface area contributed by atoms with Crippen molar-refractivity contribution in [2.24, 2.45) is 0 Å². The lowest BCUT2D eigenvalue weighted by atomic mass is 9.90. The lowest BCUT2D eigenvalue weighted by molar-refractivity contribution is 0.0686. The first-order valence-electron chi connectivity index (χ1n) is 10.6. The van der Waals surface area contributed by atoms with Crippen LogP contribution in [0.1, 0.15) is 31.1 Å². The fourth-order valence-corrected chi connectivity index (χ4v) is 3.97. The zero-order valence-electron chi connectivity index (χ0n) is 18.7. The van der Waals surface area contributed by atoms with Gasteiger partial charge in [0.25, 0.3) is 0 Å². The van der Waals surface area contributed by atoms with Gasteiger partial charge in [-0.1, -0.05) is 18.2 Å². The molecular formula is C27H21N3O6. The Morgan fingerprint density at radius 1 is 0.444 bits per heavy atom. The van der Waals surface area contributed by atoms with E-state index < -0.39 is 17.9 Å². The third kappa shape index (κ3) is 4.53. The Morgan fingerprint density at radius 2 is 0.694 bits per heavy atom. The van der Waals surface area contributed by atoms with E-state index >= 15 is 0 Å². The molecule has 0 radical (unpaired) electrons. The Morgan fingerprint density at radius 3 is 0.889 bits per heavy atom. The molecule has 9 nitrogen and oxygen atoms in total. The van der Waals surface area contributed by atoms with Crippen molar-refractivity contribution >= 4 is 35.0 Å². The van der Waals surface area contributed by atoms with Crippen molar-refractivity contribution in [1.29, 1.82) is 0 Å². The number of anilines is 3. The second-order valence-electron chi connectivity index (χ2n) is 8.12. The Kier molecular flexibility index (Phi) is 6.06. The topological polar surface area (TPSA) is 190 Å². The second kappa shape index (κ2) is 9.15. The molecule has 9 heteroatoms. The molecular weight excluding hydrogens is 462 g/mol. The Bertz CT molecular complexity index is 1360. The molecule has 0 saturated heterocycles. The number of rotatable bonds is 6. The van der Waals surface area contributed by atoms with Crippen LogP contribution in [-0.4, -0.2) is 33.2 Å². The van der Waals surface area contributed by atoms with E-state index in [9.17, 15) is 29.7 Å². The van der Waals surface area contributed by atoms with Crippen LogP contribution >= 0.6 is 0 Å². The molecule has 0 fully saturated rings. The normalized spacial score (nSPS) is 10.7. The molecule has 9 N–H and O–H groups in total. The molecule has 0 unspecified atom stereocenters. The van der Waals surface area contributed by atoms with Crippen molar-refractivity contribution in [2.45, 2.75) is 0 Å². The minimum absolute atomic E-state index is 0.0367. The molecule has 0 saturated carbocycles. The predicted molar refractivity (Wildman–Crippen MR) is 137 cm³/mol. The third-order valence-corrected chi connectivity index (χ3v) is 5.76. The molecule has 0 aliphatic heterocycles. The maximum Gasteiger partial charge on any atom is 0.335 e. The van der Waals surface area contributed by atoms with Gasteiger partial charge in [-0.25, -0.2) is 14.4 Å². The summed E-state index contributed by atoms with van der Waals surface area (Å²) in [6.45, 7) is 0. The van der Waals surface area contributed by atoms with Crippen molar-refractivity contribution in [2.75, 3.05) is 17.2 Å². The summed E-state index contributed by atoms with van der Waals surface area (Å²) in [5, 5.41) is 27.8. The lowest BCUT2D eigenvalue weighted by Crippen LogP contribution is -2.01. The van der Waals surface area contributed by atoms with E-state index in [0.29, 0.717) is 33.4 Å². The van der Waals surface area contributed by atoms with Crippen molar-refractivity contribution < 1.29 is 29.7 Å². The van der Waals surface area contributed by atoms with Gasteiger partial charge in [-0.15, -0.1) is 0 Å². The van der Waals surface area contributed by atoms with Crippen LogP contribution in [0.25, 0.3) is 33.4 Å². The van der Waals surface area contributed by atoms with Crippen LogP contribution in [0.15, 0.2) is 72.8 Å². The number of carboxylic acid groups (broad SMARTS) is 3. The number of nitrogen functional groups attached to an aromatic ring is 3. The van der Waals surface area contributed by atoms with E-state index in [-0.39, 0.29) is 33.8 Å². The van der Waals surface area contributed by atoms with Crippen LogP contribution in [0.5, 0.6) is 0 Å². The molecule has 0 aliphatic carbocycles. The highest BCUT2D eigenvalue weighted by molar-refractivity contribution is 5.96. The molecule has 0 aromatic heterocycles. The van der Waals surface area contributed by atoms with E-state index in [1.807, 2.05) is 0 Å². The summed E-state index contributed by atoms with van der Waals surface area (Å²) in [7, 11) is 0. The summed E-state index contributed by atoms with van der Waals surface area (Å²) in [6.07, 6.45) is 0. The molecule has 0 aliphatic rings. The highest BCUT2D eigenvalue weighted by atomic mass is 16.4. The molecule has 0 spiro atoms. The first-order valence-corrected chi connectivity index (χ1v) is 10.6. The Labute approximate surface area is 205 Å². The van der Waals surface area contributed by atoms with E-state index in [1.54, 1.807) is 36.4 Å². The maximum absolute atomic E-state index is 11.3. The average molecular weight is 483 g/mol. The zero-order chi connectivity index (χ0) is 26.1. The molecule has 0 heterocycles. The summed E-state index contributed by atoms with van der Waals surface area (Å²) in [5.74, 6) is -3.33. The summed E-state index contributed by atoms with van der Waals surface area (Å²) in [4.78, 5) is 34.0. The first-order chi connectivity index (χ1) is 17.0. The summed E-state index contributed by atoms with van der Waals surface area (Å²) >= 11 is 0. The van der Waals surface area contributed by atoms with Gasteiger partial charge in [-0.2, -0.15) is 0 Å². The number of carboxylic acids is 3. The predicted octanol–water partition coefficient (Wildman–Crippen LogP) is 4.53. The van der Waals surface area contributed by atoms with E-state index in [2.05, 4.69) is 0 Å². The van der Waals surface area contributed by atoms with Crippen molar-refractivity contribution in [3.63, 3.8) is 0 Å². The van der Waals surface area contributed by atoms with Gasteiger partial charge in [0.1, 0.15) is 0 Å². The van der Waals surface area contributed by atoms with Crippen LogP contribution < -0.4 is 17.2 Å². The Balaban J connectivity index is 1.95. The highest BCUT2D eigenvalue weighted by Crippen LogP contribution is 2.38. The quantitative estimate of drug-likeness (QED) is 0.214. The number of benzene rings is 4. The van der Waals surface area contributed by atoms with Gasteiger partial charge < -0.3 is 32.5 Å². The first kappa shape index (κ1) is 23.8. The number of hydrogen-bond donors (Lipinski definition) is 6. The number of carbonyl (C=O) groups is 3. The van der Waals surface area contributed by atoms with Crippen LogP contribution in [0.3, 0.4) is 0 Å². The fraction of sp³-hybridized carbons (Fsp3) is 0.